The molecule has 1 aliphatic carbocycles. The summed E-state index contributed by atoms with van der Waals surface area (Å²) in [5.41, 5.74) is 5.60. The Morgan fingerprint density at radius 1 is 1.30 bits per heavy atom. The number of carboxylic acids is 1. The van der Waals surface area contributed by atoms with Gasteiger partial charge in [0.15, 0.2) is 0 Å². The van der Waals surface area contributed by atoms with Crippen molar-refractivity contribution in [1.29, 1.82) is 0 Å². The zero-order chi connectivity index (χ0) is 15.3. The average Bonchev–Trinajstić information content (AvgIpc) is 2.38. The van der Waals surface area contributed by atoms with E-state index in [4.69, 9.17) is 10.8 Å². The molecule has 2 atom stereocenters. The van der Waals surface area contributed by atoms with Gasteiger partial charge in [0.1, 0.15) is 6.04 Å². The molecule has 4 N–H and O–H groups in total. The number of nitrogens with two attached hydrogens (primary N) is 1. The van der Waals surface area contributed by atoms with Crippen LogP contribution in [0.3, 0.4) is 0 Å². The van der Waals surface area contributed by atoms with Gasteiger partial charge in [0.25, 0.3) is 0 Å². The Kier molecular flexibility index (Phi) is 5.33. The minimum absolute atomic E-state index is 0.0167. The number of carbonyl (C=O) groups is 4. The number of hydrogen-bond acceptors (Lipinski definition) is 5. The van der Waals surface area contributed by atoms with Crippen LogP contribution in [0.15, 0.2) is 23.8 Å². The average molecular weight is 280 g/mol. The van der Waals surface area contributed by atoms with Crippen LogP contribution in [-0.2, 0) is 19.2 Å². The molecule has 0 radical (unpaired) electrons. The molecule has 1 aliphatic rings. The van der Waals surface area contributed by atoms with Gasteiger partial charge in [-0.05, 0) is 17.7 Å². The predicted molar refractivity (Wildman–Crippen MR) is 69.6 cm³/mol. The Morgan fingerprint density at radius 3 is 2.45 bits per heavy atom. The number of rotatable bonds is 6. The maximum absolute atomic E-state index is 11.4. The van der Waals surface area contributed by atoms with Gasteiger partial charge in [0.05, 0.1) is 0 Å². The third kappa shape index (κ3) is 3.86. The van der Waals surface area contributed by atoms with Gasteiger partial charge in [-0.15, -0.1) is 0 Å². The van der Waals surface area contributed by atoms with Crippen LogP contribution in [0.1, 0.15) is 13.3 Å². The molecule has 0 bridgehead atoms. The van der Waals surface area contributed by atoms with E-state index in [0.717, 1.165) is 12.2 Å². The molecule has 1 amide bonds. The van der Waals surface area contributed by atoms with Gasteiger partial charge < -0.3 is 16.2 Å². The van der Waals surface area contributed by atoms with Gasteiger partial charge in [-0.1, -0.05) is 13.0 Å². The van der Waals surface area contributed by atoms with Gasteiger partial charge in [-0.3, -0.25) is 14.4 Å². The van der Waals surface area contributed by atoms with E-state index < -0.39 is 35.4 Å². The van der Waals surface area contributed by atoms with Gasteiger partial charge >= 0.3 is 5.97 Å². The van der Waals surface area contributed by atoms with E-state index in [-0.39, 0.29) is 13.0 Å². The van der Waals surface area contributed by atoms with E-state index in [1.165, 1.54) is 6.08 Å². The lowest BCUT2D eigenvalue weighted by atomic mass is 9.89. The highest BCUT2D eigenvalue weighted by molar-refractivity contribution is 6.46. The molecule has 0 spiro atoms. The van der Waals surface area contributed by atoms with Gasteiger partial charge in [-0.25, -0.2) is 4.79 Å². The van der Waals surface area contributed by atoms with Gasteiger partial charge in [0.2, 0.25) is 17.5 Å². The SMILES string of the molecule is CC(C1=CC(=O)C(=O)C=C1)[C@H](NC(=O)CCN)C(=O)O. The first kappa shape index (κ1) is 15.8. The summed E-state index contributed by atoms with van der Waals surface area (Å²) >= 11 is 0. The summed E-state index contributed by atoms with van der Waals surface area (Å²) in [5, 5.41) is 11.5. The second-order valence-electron chi connectivity index (χ2n) is 4.42. The Hall–Kier alpha value is -2.28. The van der Waals surface area contributed by atoms with Crippen molar-refractivity contribution < 1.29 is 24.3 Å². The van der Waals surface area contributed by atoms with Gasteiger partial charge in [-0.2, -0.15) is 0 Å². The molecule has 20 heavy (non-hydrogen) atoms. The fourth-order valence-corrected chi connectivity index (χ4v) is 1.78. The van der Waals surface area contributed by atoms with Crippen molar-refractivity contribution in [2.75, 3.05) is 6.54 Å². The van der Waals surface area contributed by atoms with Crippen LogP contribution in [0.2, 0.25) is 0 Å². The van der Waals surface area contributed by atoms with Crippen LogP contribution in [-0.4, -0.2) is 41.1 Å². The molecule has 0 saturated heterocycles. The molecule has 1 unspecified atom stereocenters. The second-order valence-corrected chi connectivity index (χ2v) is 4.42. The summed E-state index contributed by atoms with van der Waals surface area (Å²) in [6, 6.07) is -1.19. The quantitative estimate of drug-likeness (QED) is 0.431. The number of allylic oxidation sites excluding steroid dienone is 3. The zero-order valence-electron chi connectivity index (χ0n) is 11.0. The summed E-state index contributed by atoms with van der Waals surface area (Å²) in [7, 11) is 0. The molecule has 0 fully saturated rings. The smallest absolute Gasteiger partial charge is 0.326 e. The van der Waals surface area contributed by atoms with Crippen LogP contribution in [0.5, 0.6) is 0 Å². The maximum Gasteiger partial charge on any atom is 0.326 e. The number of carbonyl (C=O) groups excluding carboxylic acids is 3. The van der Waals surface area contributed by atoms with Crippen molar-refractivity contribution in [3.63, 3.8) is 0 Å². The zero-order valence-corrected chi connectivity index (χ0v) is 11.0. The van der Waals surface area contributed by atoms with Crippen molar-refractivity contribution >= 4 is 23.4 Å². The minimum Gasteiger partial charge on any atom is -0.480 e. The molecular weight excluding hydrogens is 264 g/mol. The number of carboxylic acid groups (broad SMARTS) is 1. The Morgan fingerprint density at radius 2 is 1.95 bits per heavy atom. The summed E-state index contributed by atoms with van der Waals surface area (Å²) < 4.78 is 0. The molecule has 0 aromatic carbocycles. The fourth-order valence-electron chi connectivity index (χ4n) is 1.78. The number of nitrogens with one attached hydrogen (secondary N) is 1. The topological polar surface area (TPSA) is 127 Å². The molecule has 108 valence electrons. The summed E-state index contributed by atoms with van der Waals surface area (Å²) in [5.74, 6) is -3.70. The highest BCUT2D eigenvalue weighted by Crippen LogP contribution is 2.19. The summed E-state index contributed by atoms with van der Waals surface area (Å²) in [4.78, 5) is 45.0. The monoisotopic (exact) mass is 280 g/mol. The van der Waals surface area contributed by atoms with Crippen LogP contribution in [0.25, 0.3) is 0 Å². The van der Waals surface area contributed by atoms with Crippen molar-refractivity contribution in [3.8, 4) is 0 Å². The molecule has 0 aliphatic heterocycles. The number of ketones is 2. The van der Waals surface area contributed by atoms with Crippen LogP contribution in [0.4, 0.5) is 0 Å². The number of hydrogen-bond donors (Lipinski definition) is 3. The Labute approximate surface area is 115 Å². The largest absolute Gasteiger partial charge is 0.480 e. The first-order valence-corrected chi connectivity index (χ1v) is 6.07. The highest BCUT2D eigenvalue weighted by atomic mass is 16.4. The Bertz CT molecular complexity index is 507. The molecule has 7 heteroatoms. The van der Waals surface area contributed by atoms with Crippen LogP contribution >= 0.6 is 0 Å². The molecule has 0 saturated carbocycles. The highest BCUT2D eigenvalue weighted by Gasteiger charge is 2.29. The van der Waals surface area contributed by atoms with E-state index in [0.29, 0.717) is 5.57 Å². The van der Waals surface area contributed by atoms with E-state index in [1.54, 1.807) is 6.92 Å². The first-order valence-electron chi connectivity index (χ1n) is 6.07. The fraction of sp³-hybridized carbons (Fsp3) is 0.385. The summed E-state index contributed by atoms with van der Waals surface area (Å²) in [6.07, 6.45) is 3.59. The normalized spacial score (nSPS) is 17.4. The van der Waals surface area contributed by atoms with Crippen molar-refractivity contribution in [2.45, 2.75) is 19.4 Å². The lowest BCUT2D eigenvalue weighted by Gasteiger charge is -2.23. The van der Waals surface area contributed by atoms with Crippen LogP contribution in [0, 0.1) is 5.92 Å². The molecule has 0 aromatic heterocycles. The molecule has 1 rings (SSSR count). The van der Waals surface area contributed by atoms with Crippen molar-refractivity contribution in [2.24, 2.45) is 11.7 Å². The molecule has 0 aromatic rings. The van der Waals surface area contributed by atoms with Crippen LogP contribution < -0.4 is 11.1 Å². The van der Waals surface area contributed by atoms with Gasteiger partial charge in [0, 0.05) is 18.9 Å². The van der Waals surface area contributed by atoms with Crippen molar-refractivity contribution in [1.82, 2.24) is 5.32 Å². The lowest BCUT2D eigenvalue weighted by Crippen LogP contribution is -2.46. The van der Waals surface area contributed by atoms with E-state index in [2.05, 4.69) is 5.32 Å². The molecular formula is C13H16N2O5. The minimum atomic E-state index is -1.22. The van der Waals surface area contributed by atoms with E-state index in [9.17, 15) is 19.2 Å². The van der Waals surface area contributed by atoms with E-state index in [1.807, 2.05) is 0 Å². The number of amides is 1. The third-order valence-electron chi connectivity index (χ3n) is 2.95. The first-order chi connectivity index (χ1) is 9.36. The third-order valence-corrected chi connectivity index (χ3v) is 2.95. The predicted octanol–water partition coefficient (Wildman–Crippen LogP) is -0.825. The second kappa shape index (κ2) is 6.76. The Balaban J connectivity index is 2.87. The summed E-state index contributed by atoms with van der Waals surface area (Å²) in [6.45, 7) is 1.67. The maximum atomic E-state index is 11.4. The van der Waals surface area contributed by atoms with Crippen molar-refractivity contribution in [3.05, 3.63) is 23.8 Å². The molecule has 0 heterocycles. The number of aliphatic carboxylic acids is 1. The molecule has 7 nitrogen and oxygen atoms in total. The standard InChI is InChI=1S/C13H16N2O5/c1-7(8-2-3-9(16)10(17)6-8)12(13(19)20)15-11(18)4-5-14/h2-3,6-7,12H,4-5,14H2,1H3,(H,15,18)(H,19,20)/t7?,12-/m0/s1. The lowest BCUT2D eigenvalue weighted by molar-refractivity contribution is -0.142. The van der Waals surface area contributed by atoms with E-state index >= 15 is 0 Å².